The van der Waals surface area contributed by atoms with Gasteiger partial charge < -0.3 is 99.2 Å². The van der Waals surface area contributed by atoms with Gasteiger partial charge in [0.2, 0.25) is 0 Å². The van der Waals surface area contributed by atoms with Gasteiger partial charge in [0.15, 0.2) is 6.29 Å². The van der Waals surface area contributed by atoms with E-state index >= 15 is 0 Å². The smallest absolute Gasteiger partial charge is 0.320 e. The molecule has 3 rings (SSSR count). The van der Waals surface area contributed by atoms with E-state index in [1.807, 2.05) is 0 Å². The summed E-state index contributed by atoms with van der Waals surface area (Å²) < 4.78 is 44.6. The molecule has 3 heterocycles. The first kappa shape index (κ1) is 57.9. The molecule has 0 spiro atoms. The number of hydrogen-bond donors (Lipinski definition) is 12. The first-order valence-corrected chi connectivity index (χ1v) is 21.5. The molecule has 0 aromatic heterocycles. The van der Waals surface area contributed by atoms with Crippen LogP contribution in [0.1, 0.15) is 6.92 Å². The minimum Gasteiger partial charge on any atom is -0.480 e. The number of carbonyl (C=O) groups is 5. The molecule has 67 heavy (non-hydrogen) atoms. The molecule has 3 saturated heterocycles. The molecule has 0 saturated carbocycles. The second-order valence-corrected chi connectivity index (χ2v) is 16.4. The van der Waals surface area contributed by atoms with Crippen molar-refractivity contribution in [1.82, 2.24) is 14.7 Å². The second-order valence-electron chi connectivity index (χ2n) is 16.4. The van der Waals surface area contributed by atoms with Crippen molar-refractivity contribution in [2.45, 2.75) is 86.5 Å². The number of esters is 1. The SMILES string of the molecule is CCOC1OC(CO)C(COCC2OC(COC(=O)CN(CCN(CCN(CC(=O)O)CC(=O)O)CC(=O)O)CC(=O)O)C(COCC3OC(COC)C(O)[C@@H](O)[C@@H]3O)[C@@H](O)[C@@H]2O)[C@@H](O)[C@@H]1O. The van der Waals surface area contributed by atoms with Crippen molar-refractivity contribution in [3.63, 3.8) is 0 Å². The van der Waals surface area contributed by atoms with E-state index in [2.05, 4.69) is 0 Å². The van der Waals surface area contributed by atoms with E-state index < -0.39 is 187 Å². The molecule has 28 nitrogen and oxygen atoms in total. The fourth-order valence-corrected chi connectivity index (χ4v) is 7.82. The Bertz CT molecular complexity index is 1520. The molecule has 0 amide bonds. The lowest BCUT2D eigenvalue weighted by Crippen LogP contribution is -2.60. The van der Waals surface area contributed by atoms with Crippen LogP contribution in [0.2, 0.25) is 0 Å². The molecule has 0 radical (unpaired) electrons. The lowest BCUT2D eigenvalue weighted by Gasteiger charge is -2.44. The summed E-state index contributed by atoms with van der Waals surface area (Å²) in [4.78, 5) is 62.6. The molecule has 12 N–H and O–H groups in total. The number of ether oxygens (including phenoxy) is 8. The Kier molecular flexibility index (Phi) is 25.0. The fourth-order valence-electron chi connectivity index (χ4n) is 7.82. The van der Waals surface area contributed by atoms with Crippen molar-refractivity contribution in [2.75, 3.05) is 119 Å². The Hall–Kier alpha value is -3.37. The minimum atomic E-state index is -1.69. The molecule has 3 fully saturated rings. The van der Waals surface area contributed by atoms with Crippen LogP contribution in [0, 0.1) is 11.8 Å². The highest BCUT2D eigenvalue weighted by Crippen LogP contribution is 2.31. The van der Waals surface area contributed by atoms with Gasteiger partial charge in [0.25, 0.3) is 0 Å². The van der Waals surface area contributed by atoms with Crippen molar-refractivity contribution in [1.29, 1.82) is 0 Å². The summed E-state index contributed by atoms with van der Waals surface area (Å²) >= 11 is 0. The van der Waals surface area contributed by atoms with Gasteiger partial charge in [-0.25, -0.2) is 0 Å². The second kappa shape index (κ2) is 29.0. The van der Waals surface area contributed by atoms with E-state index in [0.29, 0.717) is 0 Å². The normalized spacial score (nSPS) is 32.4. The van der Waals surface area contributed by atoms with Crippen LogP contribution in [0.5, 0.6) is 0 Å². The van der Waals surface area contributed by atoms with Crippen molar-refractivity contribution >= 4 is 29.8 Å². The molecule has 28 heteroatoms. The maximum atomic E-state index is 13.3. The summed E-state index contributed by atoms with van der Waals surface area (Å²) in [5.41, 5.74) is 0. The minimum absolute atomic E-state index is 0.137. The van der Waals surface area contributed by atoms with Crippen molar-refractivity contribution in [3.05, 3.63) is 0 Å². The van der Waals surface area contributed by atoms with E-state index in [0.717, 1.165) is 9.80 Å². The lowest BCUT2D eigenvalue weighted by atomic mass is 9.87. The number of methoxy groups -OCH3 is 1. The Morgan fingerprint density at radius 2 is 0.896 bits per heavy atom. The molecule has 9 unspecified atom stereocenters. The largest absolute Gasteiger partial charge is 0.480 e. The first-order chi connectivity index (χ1) is 31.7. The zero-order valence-corrected chi connectivity index (χ0v) is 37.2. The Labute approximate surface area is 384 Å². The maximum Gasteiger partial charge on any atom is 0.320 e. The van der Waals surface area contributed by atoms with Crippen LogP contribution in [0.4, 0.5) is 0 Å². The summed E-state index contributed by atoms with van der Waals surface area (Å²) in [6.07, 6.45) is -18.2. The predicted molar refractivity (Wildman–Crippen MR) is 218 cm³/mol. The summed E-state index contributed by atoms with van der Waals surface area (Å²) in [6.45, 7) is -5.32. The van der Waals surface area contributed by atoms with Crippen LogP contribution in [0.25, 0.3) is 0 Å². The molecule has 15 atom stereocenters. The number of aliphatic hydroxyl groups excluding tert-OH is 8. The highest BCUT2D eigenvalue weighted by atomic mass is 16.7. The summed E-state index contributed by atoms with van der Waals surface area (Å²) in [6, 6.07) is 0. The van der Waals surface area contributed by atoms with Crippen LogP contribution in [0.3, 0.4) is 0 Å². The number of carboxylic acids is 4. The molecule has 388 valence electrons. The monoisotopic (exact) mass is 977 g/mol. The summed E-state index contributed by atoms with van der Waals surface area (Å²) in [5, 5.41) is 122. The van der Waals surface area contributed by atoms with Gasteiger partial charge in [-0.05, 0) is 6.92 Å². The van der Waals surface area contributed by atoms with Gasteiger partial charge >= 0.3 is 29.8 Å². The molecule has 0 aromatic carbocycles. The molecule has 3 aliphatic heterocycles. The number of aliphatic hydroxyl groups is 8. The summed E-state index contributed by atoms with van der Waals surface area (Å²) in [5.74, 6) is -8.51. The van der Waals surface area contributed by atoms with E-state index in [1.54, 1.807) is 6.92 Å². The molecule has 0 bridgehead atoms. The van der Waals surface area contributed by atoms with Crippen molar-refractivity contribution in [3.8, 4) is 0 Å². The number of carbonyl (C=O) groups excluding carboxylic acids is 1. The third-order valence-corrected chi connectivity index (χ3v) is 11.4. The Balaban J connectivity index is 1.74. The van der Waals surface area contributed by atoms with Crippen LogP contribution in [-0.2, 0) is 61.9 Å². The lowest BCUT2D eigenvalue weighted by molar-refractivity contribution is -0.295. The zero-order chi connectivity index (χ0) is 50.0. The van der Waals surface area contributed by atoms with Gasteiger partial charge in [0, 0.05) is 51.7 Å². The molecule has 0 aliphatic carbocycles. The molecular formula is C39H67N3O25. The van der Waals surface area contributed by atoms with Crippen molar-refractivity contribution < 1.29 is 123 Å². The topological polar surface area (TPSA) is 412 Å². The number of rotatable bonds is 31. The first-order valence-electron chi connectivity index (χ1n) is 21.5. The fraction of sp³-hybridized carbons (Fsp3) is 0.872. The average molecular weight is 978 g/mol. The average Bonchev–Trinajstić information content (AvgIpc) is 3.25. The number of carboxylic acid groups (broad SMARTS) is 4. The standard InChI is InChI=1S/C39H67N3O25/c1-3-63-39-38(59)33(54)20(22(13-43)67-39)14-61-17-25-34(55)32(53)21(15-62-18-26-36(57)37(58)35(56)24(66-26)16-60-2)23(65-25)19-64-31(52)12-42(11-30(50)51)7-5-40(8-27(44)45)4-6-41(9-28(46)47)10-29(48)49/h20-26,32-39,43,53-59H,3-19H2,1-2H3,(H,44,45)(H,46,47)(H,48,49)(H,50,51)/t20?,21?,22?,23?,24?,25?,26?,32-,33-,34-,35?,36-,37-,38+,39?/m1/s1. The van der Waals surface area contributed by atoms with Crippen LogP contribution < -0.4 is 0 Å². The van der Waals surface area contributed by atoms with Gasteiger partial charge in [0.1, 0.15) is 55.4 Å². The zero-order valence-electron chi connectivity index (χ0n) is 37.2. The van der Waals surface area contributed by atoms with E-state index in [-0.39, 0.29) is 46.0 Å². The van der Waals surface area contributed by atoms with Gasteiger partial charge in [0.05, 0.1) is 96.8 Å². The van der Waals surface area contributed by atoms with Gasteiger partial charge in [-0.1, -0.05) is 0 Å². The Morgan fingerprint density at radius 3 is 1.37 bits per heavy atom. The third-order valence-electron chi connectivity index (χ3n) is 11.4. The highest BCUT2D eigenvalue weighted by Gasteiger charge is 2.48. The van der Waals surface area contributed by atoms with E-state index in [4.69, 9.17) is 48.1 Å². The quantitative estimate of drug-likeness (QED) is 0.0287. The van der Waals surface area contributed by atoms with Crippen LogP contribution in [-0.4, -0.2) is 304 Å². The number of aliphatic carboxylic acids is 4. The van der Waals surface area contributed by atoms with Gasteiger partial charge in [-0.15, -0.1) is 0 Å². The van der Waals surface area contributed by atoms with Crippen LogP contribution >= 0.6 is 0 Å². The highest BCUT2D eigenvalue weighted by molar-refractivity contribution is 5.74. The molecule has 0 aromatic rings. The third kappa shape index (κ3) is 18.5. The van der Waals surface area contributed by atoms with E-state index in [1.165, 1.54) is 12.0 Å². The Morgan fingerprint density at radius 1 is 0.478 bits per heavy atom. The molecular weight excluding hydrogens is 910 g/mol. The molecule has 3 aliphatic rings. The van der Waals surface area contributed by atoms with Crippen molar-refractivity contribution in [2.24, 2.45) is 11.8 Å². The predicted octanol–water partition coefficient (Wildman–Crippen LogP) is -7.50. The van der Waals surface area contributed by atoms with Crippen LogP contribution in [0.15, 0.2) is 0 Å². The van der Waals surface area contributed by atoms with Gasteiger partial charge in [-0.2, -0.15) is 0 Å². The number of nitrogens with zero attached hydrogens (tertiary/aromatic N) is 3. The van der Waals surface area contributed by atoms with Gasteiger partial charge in [-0.3, -0.25) is 38.7 Å². The number of hydrogen-bond acceptors (Lipinski definition) is 24. The van der Waals surface area contributed by atoms with E-state index in [9.17, 15) is 75.0 Å². The maximum absolute atomic E-state index is 13.3. The summed E-state index contributed by atoms with van der Waals surface area (Å²) in [7, 11) is 1.33.